The topological polar surface area (TPSA) is 81.2 Å². The van der Waals surface area contributed by atoms with Gasteiger partial charge in [-0.1, -0.05) is 50.1 Å². The first-order valence-electron chi connectivity index (χ1n) is 10.7. The minimum absolute atomic E-state index is 0.102. The Morgan fingerprint density at radius 3 is 2.62 bits per heavy atom. The van der Waals surface area contributed by atoms with Gasteiger partial charge in [0, 0.05) is 25.6 Å². The van der Waals surface area contributed by atoms with Gasteiger partial charge in [0.25, 0.3) is 0 Å². The number of benzene rings is 1. The number of hydrogen-bond acceptors (Lipinski definition) is 4. The quantitative estimate of drug-likeness (QED) is 0.498. The number of piperidine rings is 1. The smallest absolute Gasteiger partial charge is 0.235 e. The van der Waals surface area contributed by atoms with Crippen LogP contribution in [0.5, 0.6) is 0 Å². The third-order valence-electron chi connectivity index (χ3n) is 5.69. The van der Waals surface area contributed by atoms with Crippen molar-refractivity contribution in [3.8, 4) is 0 Å². The number of imidazole rings is 1. The number of likely N-dealkylation sites (tertiary alicyclic amines) is 1. The molecule has 3 rings (SSSR count). The van der Waals surface area contributed by atoms with Crippen molar-refractivity contribution in [2.24, 2.45) is 11.7 Å². The molecule has 2 N–H and O–H groups in total. The molecular formula is C22H32N4O2S. The second-order valence-electron chi connectivity index (χ2n) is 7.86. The summed E-state index contributed by atoms with van der Waals surface area (Å²) in [7, 11) is 0. The number of hydrogen-bond donors (Lipinski definition) is 1. The number of aryl methyl sites for hydroxylation is 1. The summed E-state index contributed by atoms with van der Waals surface area (Å²) in [6.07, 6.45) is 6.10. The number of nitrogens with two attached hydrogens (primary N) is 1. The van der Waals surface area contributed by atoms with Crippen molar-refractivity contribution in [3.05, 3.63) is 24.3 Å². The number of carbonyl (C=O) groups is 2. The fourth-order valence-corrected chi connectivity index (χ4v) is 4.94. The lowest BCUT2D eigenvalue weighted by atomic mass is 9.96. The van der Waals surface area contributed by atoms with Crippen LogP contribution in [0.25, 0.3) is 11.0 Å². The molecule has 1 fully saturated rings. The predicted octanol–water partition coefficient (Wildman–Crippen LogP) is 3.82. The van der Waals surface area contributed by atoms with Crippen LogP contribution >= 0.6 is 11.8 Å². The van der Waals surface area contributed by atoms with Gasteiger partial charge in [-0.15, -0.1) is 0 Å². The number of fused-ring (bicyclic) bond motifs is 1. The Morgan fingerprint density at radius 2 is 1.93 bits per heavy atom. The van der Waals surface area contributed by atoms with E-state index in [1.807, 2.05) is 30.0 Å². The molecule has 1 aliphatic heterocycles. The molecule has 6 nitrogen and oxygen atoms in total. The average molecular weight is 417 g/mol. The van der Waals surface area contributed by atoms with E-state index in [1.165, 1.54) is 31.0 Å². The maximum Gasteiger partial charge on any atom is 0.235 e. The Hall–Kier alpha value is -2.02. The monoisotopic (exact) mass is 416 g/mol. The van der Waals surface area contributed by atoms with Gasteiger partial charge in [-0.05, 0) is 38.3 Å². The minimum Gasteiger partial charge on any atom is -0.369 e. The van der Waals surface area contributed by atoms with Crippen LogP contribution in [-0.2, 0) is 16.1 Å². The summed E-state index contributed by atoms with van der Waals surface area (Å²) in [6.45, 7) is 6.30. The van der Waals surface area contributed by atoms with E-state index >= 15 is 0 Å². The molecule has 0 saturated carbocycles. The van der Waals surface area contributed by atoms with Crippen molar-refractivity contribution in [2.75, 3.05) is 13.1 Å². The fourth-order valence-electron chi connectivity index (χ4n) is 3.91. The highest BCUT2D eigenvalue weighted by Gasteiger charge is 2.29. The fraction of sp³-hybridized carbons (Fsp3) is 0.591. The molecule has 1 atom stereocenters. The Labute approximate surface area is 177 Å². The van der Waals surface area contributed by atoms with Crippen molar-refractivity contribution in [3.63, 3.8) is 0 Å². The van der Waals surface area contributed by atoms with Crippen molar-refractivity contribution >= 4 is 34.6 Å². The van der Waals surface area contributed by atoms with Crippen LogP contribution in [0.2, 0.25) is 0 Å². The van der Waals surface area contributed by atoms with Crippen LogP contribution in [0.1, 0.15) is 52.4 Å². The van der Waals surface area contributed by atoms with Crippen molar-refractivity contribution in [1.29, 1.82) is 0 Å². The Balaban J connectivity index is 1.68. The van der Waals surface area contributed by atoms with Crippen LogP contribution in [-0.4, -0.2) is 44.6 Å². The molecular weight excluding hydrogens is 384 g/mol. The van der Waals surface area contributed by atoms with Gasteiger partial charge in [-0.3, -0.25) is 9.59 Å². The minimum atomic E-state index is -0.253. The zero-order valence-corrected chi connectivity index (χ0v) is 18.3. The van der Waals surface area contributed by atoms with E-state index in [9.17, 15) is 9.59 Å². The number of rotatable bonds is 9. The number of aromatic nitrogens is 2. The van der Waals surface area contributed by atoms with E-state index in [-0.39, 0.29) is 23.0 Å². The first-order chi connectivity index (χ1) is 14.0. The molecule has 2 heterocycles. The Morgan fingerprint density at radius 1 is 1.21 bits per heavy atom. The number of para-hydroxylation sites is 2. The maximum absolute atomic E-state index is 13.0. The summed E-state index contributed by atoms with van der Waals surface area (Å²) in [4.78, 5) is 31.0. The van der Waals surface area contributed by atoms with E-state index in [0.717, 1.165) is 29.2 Å². The zero-order chi connectivity index (χ0) is 20.8. The molecule has 1 aliphatic rings. The van der Waals surface area contributed by atoms with E-state index in [0.29, 0.717) is 25.9 Å². The highest BCUT2D eigenvalue weighted by atomic mass is 32.2. The predicted molar refractivity (Wildman–Crippen MR) is 118 cm³/mol. The van der Waals surface area contributed by atoms with Crippen LogP contribution in [0, 0.1) is 5.92 Å². The largest absolute Gasteiger partial charge is 0.369 e. The van der Waals surface area contributed by atoms with Crippen molar-refractivity contribution in [1.82, 2.24) is 14.5 Å². The van der Waals surface area contributed by atoms with Gasteiger partial charge in [-0.25, -0.2) is 4.98 Å². The summed E-state index contributed by atoms with van der Waals surface area (Å²) >= 11 is 1.54. The van der Waals surface area contributed by atoms with Gasteiger partial charge >= 0.3 is 0 Å². The van der Waals surface area contributed by atoms with E-state index in [2.05, 4.69) is 17.6 Å². The molecule has 1 saturated heterocycles. The molecule has 7 heteroatoms. The molecule has 2 aromatic rings. The van der Waals surface area contributed by atoms with Gasteiger partial charge in [0.15, 0.2) is 5.16 Å². The second-order valence-corrected chi connectivity index (χ2v) is 9.17. The molecule has 158 valence electrons. The molecule has 0 bridgehead atoms. The first kappa shape index (κ1) is 21.7. The highest BCUT2D eigenvalue weighted by molar-refractivity contribution is 8.00. The number of nitrogens with zero attached hydrogens (tertiary/aromatic N) is 3. The van der Waals surface area contributed by atoms with Crippen LogP contribution in [0.15, 0.2) is 29.4 Å². The molecule has 1 aromatic heterocycles. The summed E-state index contributed by atoms with van der Waals surface area (Å²) in [6, 6.07) is 8.18. The van der Waals surface area contributed by atoms with Gasteiger partial charge in [-0.2, -0.15) is 0 Å². The standard InChI is InChI=1S/C22H32N4O2S/c1-3-4-5-8-13-26-19-10-7-6-9-18(19)24-22(26)29-16(2)21(28)25-14-11-17(12-15-25)20(23)27/h6-7,9-10,16-17H,3-5,8,11-15H2,1-2H3,(H2,23,27). The van der Waals surface area contributed by atoms with Gasteiger partial charge in [0.05, 0.1) is 16.3 Å². The lowest BCUT2D eigenvalue weighted by Gasteiger charge is -2.32. The van der Waals surface area contributed by atoms with Gasteiger partial charge in [0.1, 0.15) is 0 Å². The molecule has 0 aliphatic carbocycles. The van der Waals surface area contributed by atoms with Crippen molar-refractivity contribution < 1.29 is 9.59 Å². The van der Waals surface area contributed by atoms with Crippen LogP contribution in [0.4, 0.5) is 0 Å². The number of carbonyl (C=O) groups excluding carboxylic acids is 2. The van der Waals surface area contributed by atoms with E-state index in [1.54, 1.807) is 0 Å². The molecule has 0 spiro atoms. The summed E-state index contributed by atoms with van der Waals surface area (Å²) in [5.41, 5.74) is 7.52. The average Bonchev–Trinajstić information content (AvgIpc) is 3.07. The lowest BCUT2D eigenvalue weighted by Crippen LogP contribution is -2.44. The SMILES string of the molecule is CCCCCCn1c(SC(C)C(=O)N2CCC(C(N)=O)CC2)nc2ccccc21. The van der Waals surface area contributed by atoms with Gasteiger partial charge < -0.3 is 15.2 Å². The van der Waals surface area contributed by atoms with Crippen molar-refractivity contribution in [2.45, 2.75) is 69.3 Å². The highest BCUT2D eigenvalue weighted by Crippen LogP contribution is 2.29. The summed E-state index contributed by atoms with van der Waals surface area (Å²) in [5.74, 6) is -0.242. The van der Waals surface area contributed by atoms with Crippen LogP contribution in [0.3, 0.4) is 0 Å². The van der Waals surface area contributed by atoms with E-state index < -0.39 is 0 Å². The molecule has 1 unspecified atom stereocenters. The number of primary amides is 1. The molecule has 0 radical (unpaired) electrons. The normalized spacial score (nSPS) is 16.3. The van der Waals surface area contributed by atoms with Crippen LogP contribution < -0.4 is 5.73 Å². The Bertz CT molecular complexity index is 842. The second kappa shape index (κ2) is 10.1. The van der Waals surface area contributed by atoms with Gasteiger partial charge in [0.2, 0.25) is 11.8 Å². The lowest BCUT2D eigenvalue weighted by molar-refractivity contribution is -0.134. The third kappa shape index (κ3) is 5.32. The maximum atomic E-state index is 13.0. The third-order valence-corrected chi connectivity index (χ3v) is 6.77. The molecule has 2 amide bonds. The zero-order valence-electron chi connectivity index (χ0n) is 17.5. The first-order valence-corrected chi connectivity index (χ1v) is 11.6. The number of thioether (sulfide) groups is 1. The Kier molecular flexibility index (Phi) is 7.58. The molecule has 29 heavy (non-hydrogen) atoms. The number of unbranched alkanes of at least 4 members (excludes halogenated alkanes) is 3. The molecule has 1 aromatic carbocycles. The van der Waals surface area contributed by atoms with E-state index in [4.69, 9.17) is 10.7 Å². The summed E-state index contributed by atoms with van der Waals surface area (Å²) < 4.78 is 2.26. The summed E-state index contributed by atoms with van der Waals surface area (Å²) in [5, 5.41) is 0.696. The number of amides is 2.